The summed E-state index contributed by atoms with van der Waals surface area (Å²) < 4.78 is 0. The molecule has 0 radical (unpaired) electrons. The maximum Gasteiger partial charge on any atom is 0.230 e. The van der Waals surface area contributed by atoms with Gasteiger partial charge in [-0.25, -0.2) is 4.98 Å². The summed E-state index contributed by atoms with van der Waals surface area (Å²) in [4.78, 5) is 31.1. The number of halogens is 1. The minimum absolute atomic E-state index is 0.0583. The number of thiazole rings is 1. The number of benzene rings is 1. The number of amides is 2. The lowest BCUT2D eigenvalue weighted by Crippen LogP contribution is -3.12. The summed E-state index contributed by atoms with van der Waals surface area (Å²) in [6.45, 7) is 3.98. The van der Waals surface area contributed by atoms with Crippen LogP contribution in [0.2, 0.25) is 5.02 Å². The summed E-state index contributed by atoms with van der Waals surface area (Å²) in [6, 6.07) is 7.16. The molecule has 1 aromatic heterocycles. The van der Waals surface area contributed by atoms with Gasteiger partial charge in [-0.05, 0) is 31.0 Å². The monoisotopic (exact) mass is 393 g/mol. The summed E-state index contributed by atoms with van der Waals surface area (Å²) in [6.07, 6.45) is 1.86. The molecule has 26 heavy (non-hydrogen) atoms. The molecule has 2 amide bonds. The number of anilines is 2. The van der Waals surface area contributed by atoms with E-state index in [0.29, 0.717) is 15.8 Å². The third-order valence-corrected chi connectivity index (χ3v) is 5.67. The van der Waals surface area contributed by atoms with Crippen LogP contribution in [-0.4, -0.2) is 29.9 Å². The molecule has 1 fully saturated rings. The van der Waals surface area contributed by atoms with Gasteiger partial charge in [-0.15, -0.1) is 11.3 Å². The average Bonchev–Trinajstić information content (AvgIpc) is 3.03. The van der Waals surface area contributed by atoms with Crippen molar-refractivity contribution in [2.75, 3.05) is 18.0 Å². The third-order valence-electron chi connectivity index (χ3n) is 4.56. The van der Waals surface area contributed by atoms with Crippen LogP contribution in [0, 0.1) is 5.92 Å². The summed E-state index contributed by atoms with van der Waals surface area (Å²) in [5, 5.41) is 3.16. The Bertz CT molecular complexity index is 810. The second-order valence-electron chi connectivity index (χ2n) is 6.58. The van der Waals surface area contributed by atoms with Gasteiger partial charge < -0.3 is 10.6 Å². The fraction of sp³-hybridized carbons (Fsp3) is 0.389. The van der Waals surface area contributed by atoms with Crippen LogP contribution in [0.1, 0.15) is 25.5 Å². The number of likely N-dealkylation sites (tertiary alicyclic amines) is 1. The fourth-order valence-electron chi connectivity index (χ4n) is 3.33. The van der Waals surface area contributed by atoms with Gasteiger partial charge in [0.1, 0.15) is 12.2 Å². The highest BCUT2D eigenvalue weighted by atomic mass is 35.5. The molecule has 1 aromatic carbocycles. The van der Waals surface area contributed by atoms with Gasteiger partial charge in [0, 0.05) is 17.3 Å². The van der Waals surface area contributed by atoms with Crippen molar-refractivity contribution < 1.29 is 14.5 Å². The molecule has 3 rings (SSSR count). The summed E-state index contributed by atoms with van der Waals surface area (Å²) >= 11 is 7.49. The number of nitrogens with one attached hydrogen (secondary N) is 1. The molecule has 8 heteroatoms. The van der Waals surface area contributed by atoms with Crippen molar-refractivity contribution in [1.82, 2.24) is 4.98 Å². The van der Waals surface area contributed by atoms with E-state index >= 15 is 0 Å². The van der Waals surface area contributed by atoms with E-state index in [1.165, 1.54) is 23.2 Å². The molecule has 6 nitrogen and oxygen atoms in total. The molecule has 1 unspecified atom stereocenters. The first-order chi connectivity index (χ1) is 12.4. The largest absolute Gasteiger partial charge is 0.369 e. The maximum atomic E-state index is 12.2. The first kappa shape index (κ1) is 18.8. The highest BCUT2D eigenvalue weighted by Crippen LogP contribution is 2.30. The van der Waals surface area contributed by atoms with E-state index in [0.717, 1.165) is 38.2 Å². The van der Waals surface area contributed by atoms with Gasteiger partial charge in [-0.2, -0.15) is 0 Å². The number of piperidine rings is 1. The Hall–Kier alpha value is -1.96. The Labute approximate surface area is 161 Å². The van der Waals surface area contributed by atoms with Crippen LogP contribution in [-0.2, 0) is 16.1 Å². The quantitative estimate of drug-likeness (QED) is 0.812. The Morgan fingerprint density at radius 1 is 1.46 bits per heavy atom. The van der Waals surface area contributed by atoms with Gasteiger partial charge >= 0.3 is 0 Å². The molecule has 3 N–H and O–H groups in total. The van der Waals surface area contributed by atoms with Crippen LogP contribution >= 0.6 is 22.9 Å². The SMILES string of the molecule is CC(=O)N(c1cccc(Cl)c1)c1nc(C[NH+]2CCC[C@@H](C(N)=O)C2)cs1. The van der Waals surface area contributed by atoms with Gasteiger partial charge in [0.15, 0.2) is 5.13 Å². The van der Waals surface area contributed by atoms with E-state index in [1.54, 1.807) is 17.0 Å². The van der Waals surface area contributed by atoms with Crippen molar-refractivity contribution >= 4 is 45.6 Å². The number of carbonyl (C=O) groups excluding carboxylic acids is 2. The molecule has 2 aromatic rings. The molecule has 1 aliphatic heterocycles. The molecule has 138 valence electrons. The standard InChI is InChI=1S/C18H21ClN4O2S/c1-12(24)23(16-6-2-5-14(19)8-16)18-21-15(11-26-18)10-22-7-3-4-13(9-22)17(20)25/h2,5-6,8,11,13H,3-4,7,9-10H2,1H3,(H2,20,25)/p+1/t13-/m1/s1. The predicted molar refractivity (Wildman–Crippen MR) is 103 cm³/mol. The number of hydrogen-bond acceptors (Lipinski definition) is 4. The average molecular weight is 394 g/mol. The van der Waals surface area contributed by atoms with Gasteiger partial charge in [0.2, 0.25) is 11.8 Å². The van der Waals surface area contributed by atoms with Gasteiger partial charge in [0.25, 0.3) is 0 Å². The second kappa shape index (κ2) is 8.16. The zero-order chi connectivity index (χ0) is 18.7. The summed E-state index contributed by atoms with van der Waals surface area (Å²) in [7, 11) is 0. The number of aromatic nitrogens is 1. The highest BCUT2D eigenvalue weighted by Gasteiger charge is 2.28. The zero-order valence-corrected chi connectivity index (χ0v) is 16.1. The molecule has 0 saturated carbocycles. The molecule has 2 atom stereocenters. The molecule has 0 spiro atoms. The first-order valence-corrected chi connectivity index (χ1v) is 9.83. The van der Waals surface area contributed by atoms with Gasteiger partial charge in [-0.3, -0.25) is 14.5 Å². The fourth-order valence-corrected chi connectivity index (χ4v) is 4.40. The number of rotatable bonds is 5. The molecule has 2 heterocycles. The summed E-state index contributed by atoms with van der Waals surface area (Å²) in [5.74, 6) is -0.394. The molecule has 1 saturated heterocycles. The molecular formula is C18H22ClN4O2S+. The number of carbonyl (C=O) groups is 2. The lowest BCUT2D eigenvalue weighted by Gasteiger charge is -2.27. The van der Waals surface area contributed by atoms with Crippen molar-refractivity contribution in [2.45, 2.75) is 26.3 Å². The highest BCUT2D eigenvalue weighted by molar-refractivity contribution is 7.14. The molecular weight excluding hydrogens is 372 g/mol. The Balaban J connectivity index is 1.75. The van der Waals surface area contributed by atoms with E-state index in [9.17, 15) is 9.59 Å². The van der Waals surface area contributed by atoms with Crippen LogP contribution in [0.4, 0.5) is 10.8 Å². The smallest absolute Gasteiger partial charge is 0.230 e. The predicted octanol–water partition coefficient (Wildman–Crippen LogP) is 1.76. The topological polar surface area (TPSA) is 80.7 Å². The lowest BCUT2D eigenvalue weighted by atomic mass is 9.97. The minimum atomic E-state index is -0.218. The van der Waals surface area contributed by atoms with Gasteiger partial charge in [0.05, 0.1) is 24.7 Å². The van der Waals surface area contributed by atoms with Crippen molar-refractivity contribution in [1.29, 1.82) is 0 Å². The van der Waals surface area contributed by atoms with Crippen LogP contribution in [0.3, 0.4) is 0 Å². The van der Waals surface area contributed by atoms with Gasteiger partial charge in [-0.1, -0.05) is 17.7 Å². The third kappa shape index (κ3) is 4.41. The number of quaternary nitrogens is 1. The molecule has 0 aliphatic carbocycles. The van der Waals surface area contributed by atoms with Crippen molar-refractivity contribution in [2.24, 2.45) is 11.7 Å². The number of nitrogens with zero attached hydrogens (tertiary/aromatic N) is 2. The Morgan fingerprint density at radius 2 is 2.27 bits per heavy atom. The number of hydrogen-bond donors (Lipinski definition) is 2. The van der Waals surface area contributed by atoms with Crippen molar-refractivity contribution in [3.8, 4) is 0 Å². The van der Waals surface area contributed by atoms with E-state index in [-0.39, 0.29) is 17.7 Å². The number of nitrogens with two attached hydrogens (primary N) is 1. The van der Waals surface area contributed by atoms with E-state index < -0.39 is 0 Å². The summed E-state index contributed by atoms with van der Waals surface area (Å²) in [5.41, 5.74) is 7.07. The molecule has 1 aliphatic rings. The molecule has 0 bridgehead atoms. The lowest BCUT2D eigenvalue weighted by molar-refractivity contribution is -0.921. The van der Waals surface area contributed by atoms with E-state index in [4.69, 9.17) is 17.3 Å². The van der Waals surface area contributed by atoms with Crippen LogP contribution in [0.5, 0.6) is 0 Å². The first-order valence-electron chi connectivity index (χ1n) is 8.57. The number of primary amides is 1. The Kier molecular flexibility index (Phi) is 5.90. The van der Waals surface area contributed by atoms with Crippen LogP contribution in [0.15, 0.2) is 29.6 Å². The van der Waals surface area contributed by atoms with E-state index in [1.807, 2.05) is 17.5 Å². The minimum Gasteiger partial charge on any atom is -0.369 e. The van der Waals surface area contributed by atoms with Crippen molar-refractivity contribution in [3.05, 3.63) is 40.4 Å². The van der Waals surface area contributed by atoms with E-state index in [2.05, 4.69) is 4.98 Å². The maximum absolute atomic E-state index is 12.2. The zero-order valence-electron chi connectivity index (χ0n) is 14.6. The van der Waals surface area contributed by atoms with Crippen LogP contribution in [0.25, 0.3) is 0 Å². The Morgan fingerprint density at radius 3 is 2.96 bits per heavy atom. The van der Waals surface area contributed by atoms with Crippen LogP contribution < -0.4 is 15.5 Å². The second-order valence-corrected chi connectivity index (χ2v) is 7.85. The van der Waals surface area contributed by atoms with Crippen molar-refractivity contribution in [3.63, 3.8) is 0 Å². The normalized spacial score (nSPS) is 19.9.